The zero-order valence-electron chi connectivity index (χ0n) is 10.7. The van der Waals surface area contributed by atoms with E-state index in [1.165, 1.54) is 12.3 Å². The summed E-state index contributed by atoms with van der Waals surface area (Å²) in [6.07, 6.45) is 2.32. The number of carbonyl (C=O) groups excluding carboxylic acids is 2. The van der Waals surface area contributed by atoms with Gasteiger partial charge < -0.3 is 5.32 Å². The number of rotatable bonds is 2. The summed E-state index contributed by atoms with van der Waals surface area (Å²) < 4.78 is 27.2. The van der Waals surface area contributed by atoms with Crippen LogP contribution in [0.3, 0.4) is 0 Å². The first-order valence-corrected chi connectivity index (χ1v) is 6.80. The fraction of sp³-hybridized carbons (Fsp3) is 0. The molecule has 1 aliphatic rings. The Morgan fingerprint density at radius 3 is 2.45 bits per heavy atom. The summed E-state index contributed by atoms with van der Waals surface area (Å²) in [7, 11) is 0. The molecule has 0 aliphatic heterocycles. The molecule has 5 nitrogen and oxygen atoms in total. The largest absolute Gasteiger partial charge is 0.346 e. The van der Waals surface area contributed by atoms with Crippen LogP contribution >= 0.6 is 15.9 Å². The first-order valence-electron chi connectivity index (χ1n) is 6.01. The minimum absolute atomic E-state index is 0.0325. The highest BCUT2D eigenvalue weighted by Crippen LogP contribution is 2.30. The Kier molecular flexibility index (Phi) is 3.53. The third kappa shape index (κ3) is 2.21. The van der Waals surface area contributed by atoms with Crippen LogP contribution in [0, 0.1) is 11.6 Å². The van der Waals surface area contributed by atoms with Crippen molar-refractivity contribution < 1.29 is 18.4 Å². The number of carbonyl (C=O) groups is 2. The summed E-state index contributed by atoms with van der Waals surface area (Å²) in [6.45, 7) is 0. The van der Waals surface area contributed by atoms with Crippen LogP contribution in [-0.2, 0) is 0 Å². The number of fused-ring (bicyclic) bond motifs is 1. The van der Waals surface area contributed by atoms with Gasteiger partial charge in [-0.05, 0) is 28.1 Å². The zero-order chi connectivity index (χ0) is 15.9. The minimum Gasteiger partial charge on any atom is -0.346 e. The Bertz CT molecular complexity index is 831. The Morgan fingerprint density at radius 1 is 1.09 bits per heavy atom. The number of ketones is 2. The first-order chi connectivity index (χ1) is 10.5. The summed E-state index contributed by atoms with van der Waals surface area (Å²) in [5, 5.41) is 2.35. The number of para-hydroxylation sites is 1. The van der Waals surface area contributed by atoms with Gasteiger partial charge in [-0.1, -0.05) is 6.07 Å². The van der Waals surface area contributed by atoms with Crippen LogP contribution in [0.2, 0.25) is 0 Å². The van der Waals surface area contributed by atoms with Crippen molar-refractivity contribution in [3.05, 3.63) is 63.8 Å². The Morgan fingerprint density at radius 2 is 1.77 bits per heavy atom. The molecular weight excluding hydrogens is 360 g/mol. The number of anilines is 1. The summed E-state index contributed by atoms with van der Waals surface area (Å²) in [6, 6.07) is 3.26. The number of allylic oxidation sites excluding steroid dienone is 2. The normalized spacial score (nSPS) is 14.1. The van der Waals surface area contributed by atoms with Crippen molar-refractivity contribution in [1.82, 2.24) is 9.97 Å². The molecule has 1 aliphatic carbocycles. The van der Waals surface area contributed by atoms with E-state index in [-0.39, 0.29) is 21.4 Å². The molecule has 0 spiro atoms. The molecule has 3 rings (SSSR count). The number of Topliss-reactive ketones (excluding diaryl/α,β-unsaturated/α-hetero) is 2. The maximum Gasteiger partial charge on any atom is 0.221 e. The van der Waals surface area contributed by atoms with Crippen molar-refractivity contribution in [2.45, 2.75) is 0 Å². The third-order valence-corrected chi connectivity index (χ3v) is 3.79. The third-order valence-electron chi connectivity index (χ3n) is 3.03. The number of hydrogen-bond donors (Lipinski definition) is 1. The van der Waals surface area contributed by atoms with Gasteiger partial charge >= 0.3 is 0 Å². The predicted molar refractivity (Wildman–Crippen MR) is 76.6 cm³/mol. The molecule has 0 saturated carbocycles. The van der Waals surface area contributed by atoms with Gasteiger partial charge in [-0.3, -0.25) is 9.59 Å². The monoisotopic (exact) mass is 365 g/mol. The van der Waals surface area contributed by atoms with Gasteiger partial charge in [-0.2, -0.15) is 0 Å². The predicted octanol–water partition coefficient (Wildman–Crippen LogP) is 2.85. The second-order valence-corrected chi connectivity index (χ2v) is 5.15. The van der Waals surface area contributed by atoms with E-state index in [0.29, 0.717) is 0 Å². The quantitative estimate of drug-likeness (QED) is 0.885. The number of aromatic nitrogens is 2. The summed E-state index contributed by atoms with van der Waals surface area (Å²) in [5.41, 5.74) is -0.881. The molecule has 0 bridgehead atoms. The van der Waals surface area contributed by atoms with Crippen LogP contribution in [-0.4, -0.2) is 21.5 Å². The average Bonchev–Trinajstić information content (AvgIpc) is 2.52. The molecule has 110 valence electrons. The Labute approximate surface area is 131 Å². The van der Waals surface area contributed by atoms with Gasteiger partial charge in [0.1, 0.15) is 35.0 Å². The van der Waals surface area contributed by atoms with Crippen molar-refractivity contribution in [3.63, 3.8) is 0 Å². The highest BCUT2D eigenvalue weighted by molar-refractivity contribution is 9.12. The second-order valence-electron chi connectivity index (χ2n) is 4.35. The maximum atomic E-state index is 13.7. The van der Waals surface area contributed by atoms with Crippen LogP contribution in [0.25, 0.3) is 0 Å². The Balaban J connectivity index is 2.10. The minimum atomic E-state index is -0.886. The van der Waals surface area contributed by atoms with E-state index < -0.39 is 28.9 Å². The molecule has 0 fully saturated rings. The molecular formula is C14H6BrF2N3O2. The molecule has 0 atom stereocenters. The first kappa shape index (κ1) is 14.5. The molecule has 8 heteroatoms. The van der Waals surface area contributed by atoms with Crippen molar-refractivity contribution >= 4 is 33.2 Å². The number of nitrogens with one attached hydrogen (secondary N) is 1. The van der Waals surface area contributed by atoms with Crippen molar-refractivity contribution in [3.8, 4) is 0 Å². The average molecular weight is 366 g/mol. The summed E-state index contributed by atoms with van der Waals surface area (Å²) in [4.78, 5) is 32.0. The summed E-state index contributed by atoms with van der Waals surface area (Å²) in [5.74, 6) is -2.98. The van der Waals surface area contributed by atoms with E-state index >= 15 is 0 Å². The van der Waals surface area contributed by atoms with E-state index in [0.717, 1.165) is 18.5 Å². The van der Waals surface area contributed by atoms with Crippen LogP contribution in [0.15, 0.2) is 40.9 Å². The molecule has 1 aromatic carbocycles. The van der Waals surface area contributed by atoms with E-state index in [2.05, 4.69) is 31.2 Å². The molecule has 2 aromatic rings. The van der Waals surface area contributed by atoms with Gasteiger partial charge in [0.25, 0.3) is 0 Å². The number of benzene rings is 1. The van der Waals surface area contributed by atoms with E-state index in [1.807, 2.05) is 0 Å². The lowest BCUT2D eigenvalue weighted by atomic mass is 9.98. The summed E-state index contributed by atoms with van der Waals surface area (Å²) >= 11 is 2.98. The lowest BCUT2D eigenvalue weighted by molar-refractivity contribution is 0.0979. The maximum absolute atomic E-state index is 13.7. The SMILES string of the molecule is O=C1C(Nc2c(F)cccc2F)=C(Br)C(=O)c2ncncc21. The lowest BCUT2D eigenvalue weighted by Gasteiger charge is -2.18. The van der Waals surface area contributed by atoms with Gasteiger partial charge in [0, 0.05) is 6.20 Å². The molecule has 0 amide bonds. The zero-order valence-corrected chi connectivity index (χ0v) is 12.3. The lowest BCUT2D eigenvalue weighted by Crippen LogP contribution is -2.26. The fourth-order valence-corrected chi connectivity index (χ4v) is 2.45. The van der Waals surface area contributed by atoms with Crippen LogP contribution < -0.4 is 5.32 Å². The van der Waals surface area contributed by atoms with Crippen LogP contribution in [0.5, 0.6) is 0 Å². The standard InChI is InChI=1S/C14H6BrF2N3O2/c15-9-12(20-11-7(16)2-1-3-8(11)17)13(21)6-4-18-5-19-10(6)14(9)22/h1-5,20H. The van der Waals surface area contributed by atoms with Crippen LogP contribution in [0.1, 0.15) is 20.8 Å². The highest BCUT2D eigenvalue weighted by atomic mass is 79.9. The molecule has 22 heavy (non-hydrogen) atoms. The number of hydrogen-bond acceptors (Lipinski definition) is 5. The van der Waals surface area contributed by atoms with Crippen molar-refractivity contribution in [1.29, 1.82) is 0 Å². The van der Waals surface area contributed by atoms with E-state index in [1.54, 1.807) is 0 Å². The molecule has 1 N–H and O–H groups in total. The topological polar surface area (TPSA) is 72.0 Å². The molecule has 1 heterocycles. The van der Waals surface area contributed by atoms with E-state index in [4.69, 9.17) is 0 Å². The molecule has 0 saturated heterocycles. The van der Waals surface area contributed by atoms with Crippen molar-refractivity contribution in [2.24, 2.45) is 0 Å². The number of nitrogens with zero attached hydrogens (tertiary/aromatic N) is 2. The highest BCUT2D eigenvalue weighted by Gasteiger charge is 2.33. The van der Waals surface area contributed by atoms with Gasteiger partial charge in [0.05, 0.1) is 10.0 Å². The van der Waals surface area contributed by atoms with Gasteiger partial charge in [0.15, 0.2) is 0 Å². The molecule has 0 radical (unpaired) electrons. The molecule has 0 unspecified atom stereocenters. The van der Waals surface area contributed by atoms with E-state index in [9.17, 15) is 18.4 Å². The van der Waals surface area contributed by atoms with Crippen LogP contribution in [0.4, 0.5) is 14.5 Å². The molecule has 1 aromatic heterocycles. The smallest absolute Gasteiger partial charge is 0.221 e. The Hall–Kier alpha value is -2.48. The van der Waals surface area contributed by atoms with Gasteiger partial charge in [-0.15, -0.1) is 0 Å². The fourth-order valence-electron chi connectivity index (χ4n) is 1.98. The second kappa shape index (κ2) is 5.38. The number of halogens is 3. The van der Waals surface area contributed by atoms with Gasteiger partial charge in [-0.25, -0.2) is 18.7 Å². The van der Waals surface area contributed by atoms with Gasteiger partial charge in [0.2, 0.25) is 11.6 Å². The van der Waals surface area contributed by atoms with Crippen molar-refractivity contribution in [2.75, 3.05) is 5.32 Å².